The summed E-state index contributed by atoms with van der Waals surface area (Å²) < 4.78 is 1.39. The Morgan fingerprint density at radius 2 is 1.80 bits per heavy atom. The van der Waals surface area contributed by atoms with Crippen LogP contribution in [0.5, 0.6) is 0 Å². The zero-order chi connectivity index (χ0) is 15.2. The Kier molecular flexibility index (Phi) is 12.6. The van der Waals surface area contributed by atoms with Crippen LogP contribution in [0.15, 0.2) is 30.3 Å². The van der Waals surface area contributed by atoms with Crippen LogP contribution >= 0.6 is 0 Å². The van der Waals surface area contributed by atoms with Crippen molar-refractivity contribution in [1.82, 2.24) is 0 Å². The Bertz CT molecular complexity index is 337. The Morgan fingerprint density at radius 1 is 1.20 bits per heavy atom. The fourth-order valence-corrected chi connectivity index (χ4v) is 3.49. The van der Waals surface area contributed by atoms with Gasteiger partial charge in [-0.25, -0.2) is 0 Å². The molecular weight excluding hydrogens is 319 g/mol. The number of aliphatic hydroxyl groups excluding tert-OH is 1. The third kappa shape index (κ3) is 13.6. The summed E-state index contributed by atoms with van der Waals surface area (Å²) in [4.78, 5) is 9.00. The van der Waals surface area contributed by atoms with Gasteiger partial charge >= 0.3 is 105 Å². The maximum absolute atomic E-state index is 9.83. The maximum atomic E-state index is 9.83. The molecule has 0 unspecified atom stereocenters. The second kappa shape index (κ2) is 13.2. The van der Waals surface area contributed by atoms with E-state index in [0.29, 0.717) is 15.0 Å². The molecule has 3 nitrogen and oxygen atoms in total. The molecule has 0 heterocycles. The van der Waals surface area contributed by atoms with Crippen molar-refractivity contribution in [3.05, 3.63) is 30.3 Å². The van der Waals surface area contributed by atoms with Crippen molar-refractivity contribution in [1.29, 1.82) is 0 Å². The van der Waals surface area contributed by atoms with Gasteiger partial charge in [0.25, 0.3) is 5.97 Å². The van der Waals surface area contributed by atoms with Crippen LogP contribution in [-0.4, -0.2) is 37.2 Å². The van der Waals surface area contributed by atoms with E-state index in [9.17, 15) is 5.11 Å². The summed E-state index contributed by atoms with van der Waals surface area (Å²) in [7, 11) is 0. The third-order valence-electron chi connectivity index (χ3n) is 2.58. The van der Waals surface area contributed by atoms with Crippen molar-refractivity contribution in [2.24, 2.45) is 0 Å². The second-order valence-corrected chi connectivity index (χ2v) is 6.94. The minimum atomic E-state index is -0.833. The van der Waals surface area contributed by atoms with E-state index >= 15 is 0 Å². The molecule has 1 rings (SSSR count). The van der Waals surface area contributed by atoms with E-state index in [-0.39, 0.29) is 6.10 Å². The van der Waals surface area contributed by atoms with E-state index in [1.807, 2.05) is 6.07 Å². The molecule has 0 saturated heterocycles. The van der Waals surface area contributed by atoms with Crippen LogP contribution in [0.4, 0.5) is 0 Å². The van der Waals surface area contributed by atoms with E-state index in [0.717, 1.165) is 18.7 Å². The van der Waals surface area contributed by atoms with Crippen molar-refractivity contribution in [2.45, 2.75) is 57.4 Å². The number of benzene rings is 1. The first-order valence-electron chi connectivity index (χ1n) is 7.11. The Labute approximate surface area is 128 Å². The zero-order valence-electron chi connectivity index (χ0n) is 12.4. The molecule has 0 amide bonds. The summed E-state index contributed by atoms with van der Waals surface area (Å²) in [5.41, 5.74) is 0. The Morgan fingerprint density at radius 3 is 2.35 bits per heavy atom. The van der Waals surface area contributed by atoms with Crippen molar-refractivity contribution >= 4 is 25.4 Å². The SMILES string of the molecule is CC(=O)O.CCCCCC[C@@H](O)C[Se]c1ccccc1. The van der Waals surface area contributed by atoms with Crippen LogP contribution in [-0.2, 0) is 4.79 Å². The molecule has 4 heteroatoms. The number of unbranched alkanes of at least 4 members (excludes halogenated alkanes) is 3. The fourth-order valence-electron chi connectivity index (χ4n) is 1.60. The topological polar surface area (TPSA) is 57.5 Å². The normalized spacial score (nSPS) is 11.3. The Balaban J connectivity index is 0.000000796. The summed E-state index contributed by atoms with van der Waals surface area (Å²) in [6.45, 7) is 3.30. The van der Waals surface area contributed by atoms with Gasteiger partial charge in [0.1, 0.15) is 0 Å². The van der Waals surface area contributed by atoms with E-state index in [1.165, 1.54) is 30.1 Å². The van der Waals surface area contributed by atoms with Crippen LogP contribution in [0.2, 0.25) is 5.32 Å². The first-order valence-corrected chi connectivity index (χ1v) is 9.18. The summed E-state index contributed by atoms with van der Waals surface area (Å²) in [6, 6.07) is 10.5. The van der Waals surface area contributed by atoms with Crippen molar-refractivity contribution in [2.75, 3.05) is 0 Å². The van der Waals surface area contributed by atoms with Gasteiger partial charge in [0.05, 0.1) is 0 Å². The van der Waals surface area contributed by atoms with Crippen LogP contribution in [0.1, 0.15) is 46.0 Å². The van der Waals surface area contributed by atoms with Crippen LogP contribution in [0.3, 0.4) is 0 Å². The molecule has 0 radical (unpaired) electrons. The van der Waals surface area contributed by atoms with Gasteiger partial charge in [-0.1, -0.05) is 0 Å². The number of aliphatic hydroxyl groups is 1. The minimum absolute atomic E-state index is 0.0861. The zero-order valence-corrected chi connectivity index (χ0v) is 14.1. The molecule has 2 N–H and O–H groups in total. The molecule has 0 aliphatic heterocycles. The fraction of sp³-hybridized carbons (Fsp3) is 0.562. The van der Waals surface area contributed by atoms with Gasteiger partial charge in [0, 0.05) is 6.92 Å². The van der Waals surface area contributed by atoms with E-state index in [2.05, 4.69) is 31.2 Å². The summed E-state index contributed by atoms with van der Waals surface area (Å²) in [6.07, 6.45) is 5.91. The molecule has 0 fully saturated rings. The third-order valence-corrected chi connectivity index (χ3v) is 5.00. The molecule has 0 spiro atoms. The van der Waals surface area contributed by atoms with Crippen molar-refractivity contribution < 1.29 is 15.0 Å². The summed E-state index contributed by atoms with van der Waals surface area (Å²) in [5, 5.41) is 18.2. The first kappa shape index (κ1) is 19.2. The summed E-state index contributed by atoms with van der Waals surface area (Å²) >= 11 is 0.436. The monoisotopic (exact) mass is 346 g/mol. The molecule has 0 aliphatic carbocycles. The molecule has 1 atom stereocenters. The van der Waals surface area contributed by atoms with Crippen LogP contribution in [0.25, 0.3) is 0 Å². The van der Waals surface area contributed by atoms with Gasteiger partial charge < -0.3 is 5.11 Å². The molecule has 0 aromatic heterocycles. The quantitative estimate of drug-likeness (QED) is 0.563. The van der Waals surface area contributed by atoms with Crippen molar-refractivity contribution in [3.8, 4) is 0 Å². The predicted octanol–water partition coefficient (Wildman–Crippen LogP) is 2.86. The number of rotatable bonds is 8. The summed E-state index contributed by atoms with van der Waals surface area (Å²) in [5.74, 6) is -0.833. The second-order valence-electron chi connectivity index (χ2n) is 4.65. The number of carboxylic acid groups (broad SMARTS) is 1. The van der Waals surface area contributed by atoms with Gasteiger partial charge in [-0.05, 0) is 0 Å². The average molecular weight is 345 g/mol. The molecule has 20 heavy (non-hydrogen) atoms. The molecule has 1 aromatic carbocycles. The number of carbonyl (C=O) groups is 1. The number of hydrogen-bond acceptors (Lipinski definition) is 2. The molecule has 0 saturated carbocycles. The van der Waals surface area contributed by atoms with Gasteiger partial charge in [0.15, 0.2) is 0 Å². The van der Waals surface area contributed by atoms with Crippen molar-refractivity contribution in [3.63, 3.8) is 0 Å². The van der Waals surface area contributed by atoms with Gasteiger partial charge in [-0.2, -0.15) is 0 Å². The van der Waals surface area contributed by atoms with E-state index in [4.69, 9.17) is 9.90 Å². The van der Waals surface area contributed by atoms with Crippen LogP contribution < -0.4 is 4.46 Å². The van der Waals surface area contributed by atoms with E-state index < -0.39 is 5.97 Å². The molecule has 0 bridgehead atoms. The number of carboxylic acids is 1. The van der Waals surface area contributed by atoms with Gasteiger partial charge in [-0.3, -0.25) is 4.79 Å². The Hall–Kier alpha value is -0.831. The first-order chi connectivity index (χ1) is 9.56. The molecule has 114 valence electrons. The van der Waals surface area contributed by atoms with Gasteiger partial charge in [0.2, 0.25) is 0 Å². The number of hydrogen-bond donors (Lipinski definition) is 2. The standard InChI is InChI=1S/C14H22OSe.C2H4O2/c1-2-3-4-6-9-13(15)12-16-14-10-7-5-8-11-14;1-2(3)4/h5,7-8,10-11,13,15H,2-4,6,9,12H2,1H3;1H3,(H,3,4)/t13-;/m1./s1. The molecule has 0 aliphatic rings. The van der Waals surface area contributed by atoms with Crippen LogP contribution in [0, 0.1) is 0 Å². The number of aliphatic carboxylic acids is 1. The molecular formula is C16H26O3Se. The average Bonchev–Trinajstić information content (AvgIpc) is 2.42. The predicted molar refractivity (Wildman–Crippen MR) is 84.7 cm³/mol. The molecule has 1 aromatic rings. The van der Waals surface area contributed by atoms with E-state index in [1.54, 1.807) is 0 Å². The van der Waals surface area contributed by atoms with Gasteiger partial charge in [-0.15, -0.1) is 0 Å².